The van der Waals surface area contributed by atoms with Crippen LogP contribution < -0.4 is 25.8 Å². The Morgan fingerprint density at radius 3 is 2.56 bits per heavy atom. The Bertz CT molecular complexity index is 1160. The molecule has 36 heavy (non-hydrogen) atoms. The summed E-state index contributed by atoms with van der Waals surface area (Å²) in [5.74, 6) is 3.10. The van der Waals surface area contributed by atoms with E-state index in [0.29, 0.717) is 30.9 Å². The fourth-order valence-electron chi connectivity index (χ4n) is 5.42. The maximum absolute atomic E-state index is 6.10. The third-order valence-corrected chi connectivity index (χ3v) is 7.39. The molecule has 1 aromatic carbocycles. The van der Waals surface area contributed by atoms with Gasteiger partial charge < -0.3 is 30.4 Å². The molecule has 0 saturated heterocycles. The number of nitrogens with zero attached hydrogens (tertiary/aromatic N) is 4. The lowest BCUT2D eigenvalue weighted by Crippen LogP contribution is -2.33. The number of benzene rings is 1. The summed E-state index contributed by atoms with van der Waals surface area (Å²) in [6, 6.07) is 7.26. The van der Waals surface area contributed by atoms with Crippen molar-refractivity contribution in [2.75, 3.05) is 24.0 Å². The van der Waals surface area contributed by atoms with Gasteiger partial charge in [0.1, 0.15) is 0 Å². The van der Waals surface area contributed by atoms with Gasteiger partial charge in [0.15, 0.2) is 28.5 Å². The van der Waals surface area contributed by atoms with Gasteiger partial charge in [0.2, 0.25) is 12.7 Å². The lowest BCUT2D eigenvalue weighted by atomic mass is 9.92. The van der Waals surface area contributed by atoms with Crippen molar-refractivity contribution in [3.63, 3.8) is 0 Å². The number of anilines is 2. The first-order valence-corrected chi connectivity index (χ1v) is 12.6. The van der Waals surface area contributed by atoms with E-state index in [1.54, 1.807) is 0 Å². The van der Waals surface area contributed by atoms with Crippen molar-refractivity contribution < 1.29 is 9.47 Å². The van der Waals surface area contributed by atoms with Gasteiger partial charge in [-0.05, 0) is 62.6 Å². The van der Waals surface area contributed by atoms with E-state index in [1.807, 2.05) is 12.4 Å². The zero-order valence-corrected chi connectivity index (χ0v) is 22.0. The molecule has 2 saturated carbocycles. The number of imidazole rings is 1. The predicted octanol–water partition coefficient (Wildman–Crippen LogP) is 4.85. The Labute approximate surface area is 223 Å². The SMILES string of the molecule is Cl.Cl.N[C@H]1CC[C@H](Nc2nc(NCCc3ccc4c(c3)OCO4)c3ncn(C4CCCC4)c3n2)CC1. The van der Waals surface area contributed by atoms with E-state index >= 15 is 0 Å². The van der Waals surface area contributed by atoms with Gasteiger partial charge in [-0.25, -0.2) is 4.98 Å². The zero-order chi connectivity index (χ0) is 22.9. The maximum Gasteiger partial charge on any atom is 0.231 e. The van der Waals surface area contributed by atoms with Crippen LogP contribution in [-0.2, 0) is 6.42 Å². The third-order valence-electron chi connectivity index (χ3n) is 7.39. The van der Waals surface area contributed by atoms with Crippen LogP contribution in [0.3, 0.4) is 0 Å². The van der Waals surface area contributed by atoms with Gasteiger partial charge in [0, 0.05) is 24.7 Å². The van der Waals surface area contributed by atoms with E-state index in [4.69, 9.17) is 30.2 Å². The van der Waals surface area contributed by atoms with Gasteiger partial charge >= 0.3 is 0 Å². The van der Waals surface area contributed by atoms with Crippen molar-refractivity contribution in [2.45, 2.75) is 75.9 Å². The summed E-state index contributed by atoms with van der Waals surface area (Å²) in [4.78, 5) is 14.5. The van der Waals surface area contributed by atoms with Crippen LogP contribution >= 0.6 is 24.8 Å². The summed E-state index contributed by atoms with van der Waals surface area (Å²) in [7, 11) is 0. The fourth-order valence-corrected chi connectivity index (χ4v) is 5.42. The lowest BCUT2D eigenvalue weighted by molar-refractivity contribution is 0.174. The van der Waals surface area contributed by atoms with Crippen LogP contribution in [0.25, 0.3) is 11.2 Å². The molecule has 0 atom stereocenters. The second kappa shape index (κ2) is 11.7. The van der Waals surface area contributed by atoms with Crippen LogP contribution in [0.15, 0.2) is 24.5 Å². The molecule has 6 rings (SSSR count). The first-order valence-electron chi connectivity index (χ1n) is 12.6. The van der Waals surface area contributed by atoms with E-state index in [-0.39, 0.29) is 24.8 Å². The Morgan fingerprint density at radius 2 is 1.75 bits per heavy atom. The summed E-state index contributed by atoms with van der Waals surface area (Å²) in [6.45, 7) is 1.03. The van der Waals surface area contributed by atoms with Gasteiger partial charge in [0.05, 0.1) is 6.33 Å². The molecule has 3 aliphatic rings. The molecule has 0 spiro atoms. The second-order valence-corrected chi connectivity index (χ2v) is 9.78. The van der Waals surface area contributed by atoms with Gasteiger partial charge in [0.25, 0.3) is 0 Å². The van der Waals surface area contributed by atoms with Crippen molar-refractivity contribution in [1.29, 1.82) is 0 Å². The number of aromatic nitrogens is 4. The quantitative estimate of drug-likeness (QED) is 0.393. The average molecular weight is 537 g/mol. The predicted molar refractivity (Wildman–Crippen MR) is 146 cm³/mol. The molecule has 2 aliphatic carbocycles. The summed E-state index contributed by atoms with van der Waals surface area (Å²) in [5, 5.41) is 7.12. The molecule has 2 aromatic heterocycles. The molecular formula is C25H35Cl2N7O2. The highest BCUT2D eigenvalue weighted by atomic mass is 35.5. The maximum atomic E-state index is 6.10. The van der Waals surface area contributed by atoms with Gasteiger partial charge in [-0.2, -0.15) is 9.97 Å². The number of fused-ring (bicyclic) bond motifs is 2. The molecule has 0 bridgehead atoms. The summed E-state index contributed by atoms with van der Waals surface area (Å²) in [5.41, 5.74) is 9.05. The Hall–Kier alpha value is -2.49. The molecule has 9 nitrogen and oxygen atoms in total. The van der Waals surface area contributed by atoms with Crippen LogP contribution in [0.5, 0.6) is 11.5 Å². The van der Waals surface area contributed by atoms with Crippen molar-refractivity contribution in [2.24, 2.45) is 5.73 Å². The van der Waals surface area contributed by atoms with Gasteiger partial charge in [-0.15, -0.1) is 24.8 Å². The first-order chi connectivity index (χ1) is 16.7. The molecule has 1 aliphatic heterocycles. The molecule has 4 N–H and O–H groups in total. The lowest BCUT2D eigenvalue weighted by Gasteiger charge is -2.27. The summed E-state index contributed by atoms with van der Waals surface area (Å²) >= 11 is 0. The average Bonchev–Trinajstić information content (AvgIpc) is 3.61. The minimum atomic E-state index is 0. The van der Waals surface area contributed by atoms with Crippen molar-refractivity contribution in [3.05, 3.63) is 30.1 Å². The van der Waals surface area contributed by atoms with E-state index in [1.165, 1.54) is 31.2 Å². The van der Waals surface area contributed by atoms with Crippen molar-refractivity contribution in [1.82, 2.24) is 19.5 Å². The van der Waals surface area contributed by atoms with Gasteiger partial charge in [-0.3, -0.25) is 0 Å². The standard InChI is InChI=1S/C25H33N7O2.2ClH/c26-17-6-8-18(9-7-17)29-25-30-23(22-24(31-25)32(14-28-22)19-3-1-2-4-19)27-12-11-16-5-10-20-21(13-16)34-15-33-20;;/h5,10,13-14,17-19H,1-4,6-9,11-12,15,26H2,(H2,27,29,30,31);2*1H/t17-,18-;;. The largest absolute Gasteiger partial charge is 0.454 e. The third kappa shape index (κ3) is 5.58. The second-order valence-electron chi connectivity index (χ2n) is 9.78. The number of halogens is 2. The van der Waals surface area contributed by atoms with E-state index < -0.39 is 0 Å². The number of hydrogen-bond acceptors (Lipinski definition) is 8. The number of rotatable bonds is 7. The minimum Gasteiger partial charge on any atom is -0.454 e. The molecule has 11 heteroatoms. The molecule has 0 radical (unpaired) electrons. The smallest absolute Gasteiger partial charge is 0.231 e. The van der Waals surface area contributed by atoms with Crippen LogP contribution in [0.1, 0.15) is 63.0 Å². The highest BCUT2D eigenvalue weighted by Gasteiger charge is 2.24. The Kier molecular flexibility index (Phi) is 8.64. The minimum absolute atomic E-state index is 0. The van der Waals surface area contributed by atoms with Crippen LogP contribution in [0.4, 0.5) is 11.8 Å². The topological polar surface area (TPSA) is 112 Å². The van der Waals surface area contributed by atoms with Crippen molar-refractivity contribution >= 4 is 47.7 Å². The zero-order valence-electron chi connectivity index (χ0n) is 20.3. The normalized spacial score (nSPS) is 21.1. The molecule has 3 aromatic rings. The molecular weight excluding hydrogens is 501 g/mol. The Balaban J connectivity index is 0.00000152. The van der Waals surface area contributed by atoms with E-state index in [0.717, 1.165) is 67.1 Å². The number of ether oxygens (including phenoxy) is 2. The highest BCUT2D eigenvalue weighted by Crippen LogP contribution is 2.34. The van der Waals surface area contributed by atoms with E-state index in [2.05, 4.69) is 27.3 Å². The van der Waals surface area contributed by atoms with Crippen LogP contribution in [0, 0.1) is 0 Å². The summed E-state index contributed by atoms with van der Waals surface area (Å²) in [6.07, 6.45) is 11.9. The number of hydrogen-bond donors (Lipinski definition) is 3. The van der Waals surface area contributed by atoms with Crippen molar-refractivity contribution in [3.8, 4) is 11.5 Å². The monoisotopic (exact) mass is 535 g/mol. The Morgan fingerprint density at radius 1 is 0.972 bits per heavy atom. The summed E-state index contributed by atoms with van der Waals surface area (Å²) < 4.78 is 13.2. The highest BCUT2D eigenvalue weighted by molar-refractivity contribution is 5.86. The van der Waals surface area contributed by atoms with Gasteiger partial charge in [-0.1, -0.05) is 18.9 Å². The fraction of sp³-hybridized carbons (Fsp3) is 0.560. The molecule has 3 heterocycles. The molecule has 196 valence electrons. The molecule has 2 fully saturated rings. The van der Waals surface area contributed by atoms with E-state index in [9.17, 15) is 0 Å². The first kappa shape index (κ1) is 26.6. The molecule has 0 unspecified atom stereocenters. The van der Waals surface area contributed by atoms with Crippen LogP contribution in [-0.4, -0.2) is 44.9 Å². The van der Waals surface area contributed by atoms with Crippen LogP contribution in [0.2, 0.25) is 0 Å². The number of nitrogens with one attached hydrogen (secondary N) is 2. The number of nitrogens with two attached hydrogens (primary N) is 1. The molecule has 0 amide bonds.